The lowest BCUT2D eigenvalue weighted by Gasteiger charge is -2.35. The summed E-state index contributed by atoms with van der Waals surface area (Å²) < 4.78 is 0. The van der Waals surface area contributed by atoms with Crippen molar-refractivity contribution in [2.24, 2.45) is 0 Å². The Balaban J connectivity index is 2.11. The molecule has 4 aromatic carbocycles. The second kappa shape index (κ2) is 13.8. The van der Waals surface area contributed by atoms with Crippen LogP contribution in [0.25, 0.3) is 0 Å². The van der Waals surface area contributed by atoms with Gasteiger partial charge < -0.3 is 10.6 Å². The zero-order valence-electron chi connectivity index (χ0n) is 19.4. The fraction of sp³-hybridized carbons (Fsp3) is 0.0769. The Kier molecular flexibility index (Phi) is 11.4. The molecule has 0 aliphatic rings. The molecule has 2 atom stereocenters. The van der Waals surface area contributed by atoms with Crippen LogP contribution in [0, 0.1) is 0 Å². The van der Waals surface area contributed by atoms with Gasteiger partial charge in [0.05, 0.1) is 62.3 Å². The lowest BCUT2D eigenvalue weighted by molar-refractivity contribution is 0.648. The Morgan fingerprint density at radius 1 is 0.400 bits per heavy atom. The summed E-state index contributed by atoms with van der Waals surface area (Å²) in [4.78, 5) is 1.23. The van der Waals surface area contributed by atoms with Gasteiger partial charge >= 0.3 is 0 Å². The second-order valence-electron chi connectivity index (χ2n) is 8.25. The van der Waals surface area contributed by atoms with Crippen molar-refractivity contribution >= 4 is 153 Å². The summed E-state index contributed by atoms with van der Waals surface area (Å²) in [6, 6.07) is 12.7. The smallest absolute Gasteiger partial charge is 0.0809 e. The Labute approximate surface area is 292 Å². The Morgan fingerprint density at radius 2 is 0.650 bits per heavy atom. The quantitative estimate of drug-likeness (QED) is 0.0854. The Bertz CT molecular complexity index is 1440. The third-order valence-electron chi connectivity index (χ3n) is 5.87. The normalized spacial score (nSPS) is 12.8. The van der Waals surface area contributed by atoms with Crippen LogP contribution in [0.2, 0.25) is 50.2 Å². The van der Waals surface area contributed by atoms with Gasteiger partial charge in [0.25, 0.3) is 0 Å². The summed E-state index contributed by atoms with van der Waals surface area (Å²) in [7, 11) is 0. The molecule has 0 aliphatic heterocycles. The molecule has 14 heteroatoms. The molecular weight excluding hydrogens is 759 g/mol. The lowest BCUT2D eigenvalue weighted by Crippen LogP contribution is -2.27. The fourth-order valence-corrected chi connectivity index (χ4v) is 7.19. The number of hydrogen-bond acceptors (Lipinski definition) is 4. The molecule has 2 nitrogen and oxygen atoms in total. The highest BCUT2D eigenvalue weighted by Crippen LogP contribution is 2.54. The Morgan fingerprint density at radius 3 is 0.925 bits per heavy atom. The van der Waals surface area contributed by atoms with Gasteiger partial charge in [0.15, 0.2) is 0 Å². The van der Waals surface area contributed by atoms with Gasteiger partial charge in [0.1, 0.15) is 0 Å². The van der Waals surface area contributed by atoms with Crippen LogP contribution < -0.4 is 10.6 Å². The summed E-state index contributed by atoms with van der Waals surface area (Å²) in [5.74, 6) is 0. The SMILES string of the molecule is Sc1ccccc1NC(c1c(Cl)c(Cl)c(Cl)c(Cl)c1Cl)C(Nc1ccccc1S)c1c(Cl)c(Cl)c(Cl)c(Cl)c1Cl. The van der Waals surface area contributed by atoms with Gasteiger partial charge in [-0.1, -0.05) is 140 Å². The lowest BCUT2D eigenvalue weighted by atomic mass is 9.91. The number of thiol groups is 2. The first kappa shape index (κ1) is 33.0. The molecule has 0 bridgehead atoms. The van der Waals surface area contributed by atoms with Crippen LogP contribution in [-0.4, -0.2) is 0 Å². The van der Waals surface area contributed by atoms with Crippen molar-refractivity contribution in [3.05, 3.63) is 110 Å². The van der Waals surface area contributed by atoms with Crippen molar-refractivity contribution in [2.75, 3.05) is 10.6 Å². The van der Waals surface area contributed by atoms with Crippen LogP contribution in [0.4, 0.5) is 11.4 Å². The van der Waals surface area contributed by atoms with Gasteiger partial charge in [-0.05, 0) is 24.3 Å². The minimum atomic E-state index is -0.906. The van der Waals surface area contributed by atoms with Crippen LogP contribution in [0.3, 0.4) is 0 Å². The molecule has 4 rings (SSSR count). The van der Waals surface area contributed by atoms with Crippen molar-refractivity contribution < 1.29 is 0 Å². The number of para-hydroxylation sites is 2. The summed E-state index contributed by atoms with van der Waals surface area (Å²) in [5.41, 5.74) is 1.77. The van der Waals surface area contributed by atoms with E-state index in [0.717, 1.165) is 0 Å². The first-order chi connectivity index (χ1) is 18.9. The van der Waals surface area contributed by atoms with Crippen molar-refractivity contribution in [2.45, 2.75) is 21.9 Å². The van der Waals surface area contributed by atoms with Gasteiger partial charge in [0.2, 0.25) is 0 Å². The van der Waals surface area contributed by atoms with Crippen molar-refractivity contribution in [1.29, 1.82) is 0 Å². The van der Waals surface area contributed by atoms with Gasteiger partial charge in [0, 0.05) is 32.3 Å². The van der Waals surface area contributed by atoms with Crippen molar-refractivity contribution in [1.82, 2.24) is 0 Å². The highest BCUT2D eigenvalue weighted by atomic mass is 35.5. The van der Waals surface area contributed by atoms with Gasteiger partial charge in [-0.2, -0.15) is 0 Å². The van der Waals surface area contributed by atoms with Crippen LogP contribution >= 0.6 is 141 Å². The number of nitrogens with one attached hydrogen (secondary N) is 2. The Hall–Kier alpha value is 0.0800. The molecule has 2 unspecified atom stereocenters. The molecule has 0 saturated heterocycles. The van der Waals surface area contributed by atoms with Crippen molar-refractivity contribution in [3.63, 3.8) is 0 Å². The maximum absolute atomic E-state index is 6.81. The standard InChI is InChI=1S/C26H14Cl10N2S2/c27-15-13(16(28)20(32)23(35)19(15)31)25(37-9-5-1-3-7-11(9)39)26(38-10-6-2-4-8-12(10)40)14-17(29)21(33)24(36)22(34)18(14)30/h1-8,25-26,37-40H. The van der Waals surface area contributed by atoms with E-state index in [1.807, 2.05) is 36.4 Å². The maximum atomic E-state index is 6.81. The molecule has 0 amide bonds. The topological polar surface area (TPSA) is 24.1 Å². The molecule has 4 aromatic rings. The molecule has 0 radical (unpaired) electrons. The molecule has 0 heterocycles. The third-order valence-corrected chi connectivity index (χ3v) is 11.3. The molecule has 0 aliphatic carbocycles. The zero-order chi connectivity index (χ0) is 29.5. The summed E-state index contributed by atoms with van der Waals surface area (Å²) >= 11 is 75.2. The predicted molar refractivity (Wildman–Crippen MR) is 183 cm³/mol. The van der Waals surface area contributed by atoms with E-state index < -0.39 is 12.1 Å². The minimum absolute atomic E-state index is 0.00333. The highest BCUT2D eigenvalue weighted by Gasteiger charge is 2.36. The summed E-state index contributed by atoms with van der Waals surface area (Å²) in [5, 5.41) is 7.01. The number of hydrogen-bond donors (Lipinski definition) is 4. The van der Waals surface area contributed by atoms with Crippen molar-refractivity contribution in [3.8, 4) is 0 Å². The maximum Gasteiger partial charge on any atom is 0.0809 e. The number of anilines is 2. The summed E-state index contributed by atoms with van der Waals surface area (Å²) in [6.45, 7) is 0. The number of rotatable bonds is 7. The minimum Gasteiger partial charge on any atom is -0.375 e. The molecule has 210 valence electrons. The van der Waals surface area contributed by atoms with E-state index in [1.54, 1.807) is 12.1 Å². The van der Waals surface area contributed by atoms with Gasteiger partial charge in [-0.25, -0.2) is 0 Å². The molecule has 0 spiro atoms. The van der Waals surface area contributed by atoms with E-state index in [4.69, 9.17) is 116 Å². The molecule has 0 fully saturated rings. The van der Waals surface area contributed by atoms with E-state index in [9.17, 15) is 0 Å². The second-order valence-corrected chi connectivity index (χ2v) is 13.0. The third kappa shape index (κ3) is 6.45. The molecular formula is C26H14Cl10N2S2. The first-order valence-corrected chi connectivity index (χ1v) is 15.7. The van der Waals surface area contributed by atoms with Gasteiger partial charge in [-0.15, -0.1) is 25.3 Å². The summed E-state index contributed by atoms with van der Waals surface area (Å²) in [6.07, 6.45) is 0. The molecule has 40 heavy (non-hydrogen) atoms. The van der Waals surface area contributed by atoms with E-state index in [2.05, 4.69) is 35.9 Å². The van der Waals surface area contributed by atoms with Crippen LogP contribution in [0.1, 0.15) is 23.2 Å². The van der Waals surface area contributed by atoms with Crippen LogP contribution in [0.5, 0.6) is 0 Å². The predicted octanol–water partition coefficient (Wildman–Crippen LogP) is 13.8. The van der Waals surface area contributed by atoms with E-state index in [0.29, 0.717) is 21.2 Å². The zero-order valence-corrected chi connectivity index (χ0v) is 28.8. The average Bonchev–Trinajstić information content (AvgIpc) is 2.94. The first-order valence-electron chi connectivity index (χ1n) is 11.0. The van der Waals surface area contributed by atoms with Gasteiger partial charge in [-0.3, -0.25) is 0 Å². The molecule has 0 aromatic heterocycles. The largest absolute Gasteiger partial charge is 0.375 e. The molecule has 0 saturated carbocycles. The monoisotopic (exact) mass is 768 g/mol. The van der Waals surface area contributed by atoms with E-state index in [1.165, 1.54) is 0 Å². The van der Waals surface area contributed by atoms with E-state index >= 15 is 0 Å². The number of halogens is 10. The highest BCUT2D eigenvalue weighted by molar-refractivity contribution is 7.80. The van der Waals surface area contributed by atoms with Crippen LogP contribution in [-0.2, 0) is 0 Å². The molecule has 2 N–H and O–H groups in total. The number of benzene rings is 4. The van der Waals surface area contributed by atoms with E-state index in [-0.39, 0.29) is 61.4 Å². The fourth-order valence-electron chi connectivity index (χ4n) is 3.96. The average molecular weight is 773 g/mol. The van der Waals surface area contributed by atoms with Crippen LogP contribution in [0.15, 0.2) is 58.3 Å².